The van der Waals surface area contributed by atoms with E-state index in [0.29, 0.717) is 12.1 Å². The van der Waals surface area contributed by atoms with Gasteiger partial charge >= 0.3 is 0 Å². The van der Waals surface area contributed by atoms with Gasteiger partial charge in [0.2, 0.25) is 0 Å². The largest absolute Gasteiger partial charge is 0.290 e. The Morgan fingerprint density at radius 2 is 1.13 bits per heavy atom. The third kappa shape index (κ3) is 6.99. The highest BCUT2D eigenvalue weighted by atomic mass is 15.5. The minimum atomic E-state index is 0.693. The summed E-state index contributed by atoms with van der Waals surface area (Å²) >= 11 is 0. The summed E-state index contributed by atoms with van der Waals surface area (Å²) in [6.07, 6.45) is 29.8. The van der Waals surface area contributed by atoms with E-state index >= 15 is 0 Å². The molecule has 0 saturated heterocycles. The first-order chi connectivity index (χ1) is 14.8. The van der Waals surface area contributed by atoms with Crippen molar-refractivity contribution in [2.75, 3.05) is 0 Å². The zero-order valence-electron chi connectivity index (χ0n) is 20.6. The molecule has 2 nitrogen and oxygen atoms in total. The van der Waals surface area contributed by atoms with Crippen molar-refractivity contribution >= 4 is 5.71 Å². The Hall–Kier alpha value is -0.530. The molecule has 1 heterocycles. The summed E-state index contributed by atoms with van der Waals surface area (Å²) < 4.78 is 0. The van der Waals surface area contributed by atoms with Gasteiger partial charge in [-0.2, -0.15) is 5.10 Å². The van der Waals surface area contributed by atoms with E-state index in [9.17, 15) is 0 Å². The highest BCUT2D eigenvalue weighted by molar-refractivity contribution is 5.90. The lowest BCUT2D eigenvalue weighted by Crippen LogP contribution is -2.40. The van der Waals surface area contributed by atoms with Crippen LogP contribution in [-0.4, -0.2) is 22.8 Å². The second-order valence-electron chi connectivity index (χ2n) is 10.7. The summed E-state index contributed by atoms with van der Waals surface area (Å²) in [6, 6.07) is 1.41. The first-order valence-electron chi connectivity index (χ1n) is 14.2. The van der Waals surface area contributed by atoms with E-state index in [2.05, 4.69) is 18.9 Å². The Kier molecular flexibility index (Phi) is 11.1. The molecule has 0 aromatic rings. The van der Waals surface area contributed by atoms with Gasteiger partial charge in [-0.15, -0.1) is 0 Å². The fourth-order valence-electron chi connectivity index (χ4n) is 6.67. The monoisotopic (exact) mass is 416 g/mol. The molecular formula is C28H52N2. The van der Waals surface area contributed by atoms with Crippen molar-refractivity contribution < 1.29 is 0 Å². The summed E-state index contributed by atoms with van der Waals surface area (Å²) in [5.74, 6) is 1.50. The van der Waals surface area contributed by atoms with Crippen molar-refractivity contribution in [1.82, 2.24) is 5.01 Å². The van der Waals surface area contributed by atoms with Crippen LogP contribution in [0.3, 0.4) is 0 Å². The predicted molar refractivity (Wildman–Crippen MR) is 132 cm³/mol. The average molecular weight is 417 g/mol. The molecule has 2 unspecified atom stereocenters. The van der Waals surface area contributed by atoms with Gasteiger partial charge in [-0.05, 0) is 44.4 Å². The molecule has 0 radical (unpaired) electrons. The van der Waals surface area contributed by atoms with Gasteiger partial charge < -0.3 is 0 Å². The molecule has 3 rings (SSSR count). The maximum absolute atomic E-state index is 5.59. The summed E-state index contributed by atoms with van der Waals surface area (Å²) in [7, 11) is 0. The van der Waals surface area contributed by atoms with Crippen LogP contribution < -0.4 is 0 Å². The maximum Gasteiger partial charge on any atom is 0.0554 e. The van der Waals surface area contributed by atoms with Crippen LogP contribution in [0.5, 0.6) is 0 Å². The number of rotatable bonds is 5. The van der Waals surface area contributed by atoms with Gasteiger partial charge in [0, 0.05) is 17.7 Å². The molecule has 2 aliphatic carbocycles. The van der Waals surface area contributed by atoms with Crippen molar-refractivity contribution in [3.63, 3.8) is 0 Å². The number of hydrazone groups is 1. The zero-order chi connectivity index (χ0) is 21.0. The van der Waals surface area contributed by atoms with Crippen molar-refractivity contribution in [2.24, 2.45) is 16.9 Å². The average Bonchev–Trinajstić information content (AvgIpc) is 3.14. The highest BCUT2D eigenvalue weighted by Gasteiger charge is 2.40. The predicted octanol–water partition coefficient (Wildman–Crippen LogP) is 8.89. The number of nitrogens with zero attached hydrogens (tertiary/aromatic N) is 2. The van der Waals surface area contributed by atoms with Crippen LogP contribution in [0.25, 0.3) is 0 Å². The number of hydrogen-bond donors (Lipinski definition) is 0. The minimum Gasteiger partial charge on any atom is -0.290 e. The summed E-state index contributed by atoms with van der Waals surface area (Å²) in [5, 5.41) is 8.30. The molecule has 3 aliphatic rings. The van der Waals surface area contributed by atoms with Crippen LogP contribution in [0.15, 0.2) is 5.10 Å². The van der Waals surface area contributed by atoms with E-state index in [1.54, 1.807) is 5.71 Å². The molecule has 0 aromatic heterocycles. The first-order valence-corrected chi connectivity index (χ1v) is 14.2. The summed E-state index contributed by atoms with van der Waals surface area (Å²) in [5.41, 5.74) is 1.65. The normalized spacial score (nSPS) is 29.5. The van der Waals surface area contributed by atoms with E-state index in [0.717, 1.165) is 11.8 Å². The molecule has 2 atom stereocenters. The minimum absolute atomic E-state index is 0.693. The highest BCUT2D eigenvalue weighted by Crippen LogP contribution is 2.38. The molecular weight excluding hydrogens is 364 g/mol. The Balaban J connectivity index is 1.77. The molecule has 0 spiro atoms. The van der Waals surface area contributed by atoms with Gasteiger partial charge in [0.05, 0.1) is 6.04 Å². The first kappa shape index (κ1) is 24.1. The van der Waals surface area contributed by atoms with Gasteiger partial charge in [-0.25, -0.2) is 0 Å². The lowest BCUT2D eigenvalue weighted by molar-refractivity contribution is 0.112. The van der Waals surface area contributed by atoms with Crippen LogP contribution in [0.1, 0.15) is 149 Å². The van der Waals surface area contributed by atoms with Crippen LogP contribution >= 0.6 is 0 Å². The van der Waals surface area contributed by atoms with Crippen LogP contribution in [-0.2, 0) is 0 Å². The van der Waals surface area contributed by atoms with E-state index in [4.69, 9.17) is 5.10 Å². The van der Waals surface area contributed by atoms with Gasteiger partial charge in [0.15, 0.2) is 0 Å². The smallest absolute Gasteiger partial charge is 0.0554 e. The van der Waals surface area contributed by atoms with Gasteiger partial charge in [-0.1, -0.05) is 110 Å². The number of hydrogen-bond acceptors (Lipinski definition) is 2. The topological polar surface area (TPSA) is 15.6 Å². The van der Waals surface area contributed by atoms with Crippen LogP contribution in [0.4, 0.5) is 0 Å². The lowest BCUT2D eigenvalue weighted by Gasteiger charge is -2.34. The maximum atomic E-state index is 5.59. The molecule has 0 amide bonds. The Morgan fingerprint density at radius 1 is 0.667 bits per heavy atom. The van der Waals surface area contributed by atoms with Gasteiger partial charge in [-0.3, -0.25) is 5.01 Å². The second-order valence-corrected chi connectivity index (χ2v) is 10.7. The third-order valence-electron chi connectivity index (χ3n) is 8.41. The van der Waals surface area contributed by atoms with E-state index in [-0.39, 0.29) is 0 Å². The quantitative estimate of drug-likeness (QED) is 0.437. The van der Waals surface area contributed by atoms with Crippen LogP contribution in [0.2, 0.25) is 0 Å². The van der Waals surface area contributed by atoms with Crippen LogP contribution in [0, 0.1) is 11.8 Å². The van der Waals surface area contributed by atoms with Crippen molar-refractivity contribution in [1.29, 1.82) is 0 Å². The summed E-state index contributed by atoms with van der Waals surface area (Å²) in [6.45, 7) is 4.83. The van der Waals surface area contributed by atoms with E-state index in [1.807, 2.05) is 0 Å². The SMILES string of the molecule is CCCC1C(CC)C(C2CCCCCCCCCC2)=NN1C1CCCCCCCC1. The lowest BCUT2D eigenvalue weighted by atomic mass is 9.80. The van der Waals surface area contributed by atoms with E-state index in [1.165, 1.54) is 135 Å². The Morgan fingerprint density at radius 3 is 1.60 bits per heavy atom. The fraction of sp³-hybridized carbons (Fsp3) is 0.964. The zero-order valence-corrected chi connectivity index (χ0v) is 20.6. The third-order valence-corrected chi connectivity index (χ3v) is 8.41. The van der Waals surface area contributed by atoms with Crippen molar-refractivity contribution in [3.05, 3.63) is 0 Å². The molecule has 0 aromatic carbocycles. The van der Waals surface area contributed by atoms with Gasteiger partial charge in [0.1, 0.15) is 0 Å². The van der Waals surface area contributed by atoms with Gasteiger partial charge in [0.25, 0.3) is 0 Å². The molecule has 1 aliphatic heterocycles. The molecule has 2 heteroatoms. The Bertz CT molecular complexity index is 463. The van der Waals surface area contributed by atoms with Crippen molar-refractivity contribution in [2.45, 2.75) is 161 Å². The second kappa shape index (κ2) is 13.8. The molecule has 174 valence electrons. The summed E-state index contributed by atoms with van der Waals surface area (Å²) in [4.78, 5) is 0. The van der Waals surface area contributed by atoms with E-state index < -0.39 is 0 Å². The molecule has 2 fully saturated rings. The standard InChI is InChI=1S/C28H52N2/c1-3-19-27-26(4-2)28(24-20-15-11-7-5-6-8-12-16-21-24)29-30(27)25-22-17-13-9-10-14-18-23-25/h24-27H,3-23H2,1-2H3. The molecule has 0 N–H and O–H groups in total. The fourth-order valence-corrected chi connectivity index (χ4v) is 6.67. The van der Waals surface area contributed by atoms with Crippen molar-refractivity contribution in [3.8, 4) is 0 Å². The molecule has 2 saturated carbocycles. The molecule has 30 heavy (non-hydrogen) atoms. The molecule has 0 bridgehead atoms. The Labute approximate surface area is 188 Å².